The first kappa shape index (κ1) is 12.8. The molecular formula is C11H20N2O3. The zero-order chi connectivity index (χ0) is 12.3. The van der Waals surface area contributed by atoms with Crippen molar-refractivity contribution in [1.82, 2.24) is 10.2 Å². The number of carboxylic acid groups (broad SMARTS) is 1. The third-order valence-corrected chi connectivity index (χ3v) is 2.55. The first-order valence-corrected chi connectivity index (χ1v) is 5.63. The molecule has 1 aliphatic rings. The molecule has 0 saturated carbocycles. The smallest absolute Gasteiger partial charge is 0.407 e. The third-order valence-electron chi connectivity index (χ3n) is 2.55. The first-order chi connectivity index (χ1) is 7.31. The summed E-state index contributed by atoms with van der Waals surface area (Å²) in [7, 11) is 0. The van der Waals surface area contributed by atoms with Crippen LogP contribution < -0.4 is 5.32 Å². The van der Waals surface area contributed by atoms with Crippen LogP contribution in [0.1, 0.15) is 40.0 Å². The van der Waals surface area contributed by atoms with Crippen LogP contribution in [0.15, 0.2) is 0 Å². The van der Waals surface area contributed by atoms with E-state index >= 15 is 0 Å². The predicted octanol–water partition coefficient (Wildman–Crippen LogP) is 1.43. The first-order valence-electron chi connectivity index (χ1n) is 5.63. The fourth-order valence-corrected chi connectivity index (χ4v) is 1.89. The third kappa shape index (κ3) is 3.40. The summed E-state index contributed by atoms with van der Waals surface area (Å²) in [6.07, 6.45) is 1.36. The number of likely N-dealkylation sites (tertiary alicyclic amines) is 1. The lowest BCUT2D eigenvalue weighted by Gasteiger charge is -2.34. The monoisotopic (exact) mass is 228 g/mol. The number of carbonyl (C=O) groups excluding carboxylic acids is 1. The zero-order valence-electron chi connectivity index (χ0n) is 10.1. The van der Waals surface area contributed by atoms with Crippen molar-refractivity contribution in [2.24, 2.45) is 0 Å². The summed E-state index contributed by atoms with van der Waals surface area (Å²) < 4.78 is 0. The molecule has 5 heteroatoms. The molecule has 2 N–H and O–H groups in total. The number of nitrogens with one attached hydrogen (secondary N) is 1. The molecule has 1 aliphatic heterocycles. The number of rotatable bonds is 1. The molecule has 1 heterocycles. The van der Waals surface area contributed by atoms with Gasteiger partial charge in [0.25, 0.3) is 0 Å². The van der Waals surface area contributed by atoms with Crippen LogP contribution >= 0.6 is 0 Å². The number of piperidine rings is 1. The topological polar surface area (TPSA) is 69.6 Å². The van der Waals surface area contributed by atoms with Gasteiger partial charge in [-0.2, -0.15) is 0 Å². The van der Waals surface area contributed by atoms with Crippen LogP contribution in [-0.2, 0) is 4.79 Å². The van der Waals surface area contributed by atoms with E-state index in [9.17, 15) is 9.59 Å². The van der Waals surface area contributed by atoms with E-state index < -0.39 is 12.1 Å². The average Bonchev–Trinajstić information content (AvgIpc) is 2.15. The molecule has 1 fully saturated rings. The molecule has 0 bridgehead atoms. The predicted molar refractivity (Wildman–Crippen MR) is 60.3 cm³/mol. The van der Waals surface area contributed by atoms with E-state index in [1.54, 1.807) is 0 Å². The highest BCUT2D eigenvalue weighted by Gasteiger charge is 2.33. The molecule has 1 saturated heterocycles. The van der Waals surface area contributed by atoms with Crippen LogP contribution in [0.2, 0.25) is 0 Å². The molecule has 0 aromatic carbocycles. The van der Waals surface area contributed by atoms with Crippen LogP contribution in [0.3, 0.4) is 0 Å². The lowest BCUT2D eigenvalue weighted by molar-refractivity contribution is -0.128. The zero-order valence-corrected chi connectivity index (χ0v) is 10.1. The van der Waals surface area contributed by atoms with E-state index in [4.69, 9.17) is 5.11 Å². The Morgan fingerprint density at radius 1 is 1.31 bits per heavy atom. The van der Waals surface area contributed by atoms with Crippen molar-refractivity contribution in [2.75, 3.05) is 6.54 Å². The van der Waals surface area contributed by atoms with Crippen molar-refractivity contribution >= 4 is 12.0 Å². The van der Waals surface area contributed by atoms with Gasteiger partial charge >= 0.3 is 6.09 Å². The van der Waals surface area contributed by atoms with Crippen LogP contribution in [0, 0.1) is 0 Å². The summed E-state index contributed by atoms with van der Waals surface area (Å²) in [6.45, 7) is 6.12. The fraction of sp³-hybridized carbons (Fsp3) is 0.818. The summed E-state index contributed by atoms with van der Waals surface area (Å²) in [5.74, 6) is -0.186. The van der Waals surface area contributed by atoms with E-state index in [-0.39, 0.29) is 11.4 Å². The van der Waals surface area contributed by atoms with E-state index in [1.165, 1.54) is 4.90 Å². The maximum Gasteiger partial charge on any atom is 0.407 e. The minimum absolute atomic E-state index is 0.186. The Labute approximate surface area is 95.8 Å². The highest BCUT2D eigenvalue weighted by molar-refractivity contribution is 5.85. The van der Waals surface area contributed by atoms with Crippen molar-refractivity contribution in [2.45, 2.75) is 51.6 Å². The van der Waals surface area contributed by atoms with Crippen molar-refractivity contribution in [1.29, 1.82) is 0 Å². The second-order valence-electron chi connectivity index (χ2n) is 5.23. The second kappa shape index (κ2) is 4.72. The van der Waals surface area contributed by atoms with Gasteiger partial charge in [0.2, 0.25) is 5.91 Å². The van der Waals surface area contributed by atoms with E-state index in [0.29, 0.717) is 13.0 Å². The van der Waals surface area contributed by atoms with Gasteiger partial charge in [-0.25, -0.2) is 4.79 Å². The van der Waals surface area contributed by atoms with Gasteiger partial charge < -0.3 is 10.4 Å². The maximum atomic E-state index is 11.9. The molecule has 0 aliphatic carbocycles. The normalized spacial score (nSPS) is 21.7. The van der Waals surface area contributed by atoms with E-state index in [1.807, 2.05) is 20.8 Å². The number of amides is 2. The molecule has 0 unspecified atom stereocenters. The van der Waals surface area contributed by atoms with Crippen molar-refractivity contribution < 1.29 is 14.7 Å². The van der Waals surface area contributed by atoms with Gasteiger partial charge in [-0.15, -0.1) is 0 Å². The van der Waals surface area contributed by atoms with Crippen LogP contribution in [-0.4, -0.2) is 40.1 Å². The van der Waals surface area contributed by atoms with Crippen LogP contribution in [0.5, 0.6) is 0 Å². The lowest BCUT2D eigenvalue weighted by atomic mass is 10.0. The standard InChI is InChI=1S/C11H20N2O3/c1-11(2,3)12-9(14)8-6-4-5-7-13(8)10(15)16/h8H,4-7H2,1-3H3,(H,12,14)(H,15,16)/t8-/m0/s1. The van der Waals surface area contributed by atoms with Crippen molar-refractivity contribution in [3.8, 4) is 0 Å². The Hall–Kier alpha value is -1.26. The Kier molecular flexibility index (Phi) is 3.78. The lowest BCUT2D eigenvalue weighted by Crippen LogP contribution is -2.55. The molecule has 0 radical (unpaired) electrons. The summed E-state index contributed by atoms with van der Waals surface area (Å²) in [4.78, 5) is 24.1. The molecule has 92 valence electrons. The quantitative estimate of drug-likeness (QED) is 0.713. The molecule has 0 aromatic rings. The molecule has 2 amide bonds. The molecule has 16 heavy (non-hydrogen) atoms. The van der Waals surface area contributed by atoms with Gasteiger partial charge in [-0.3, -0.25) is 9.69 Å². The number of nitrogens with zero attached hydrogens (tertiary/aromatic N) is 1. The van der Waals surface area contributed by atoms with Crippen molar-refractivity contribution in [3.63, 3.8) is 0 Å². The second-order valence-corrected chi connectivity index (χ2v) is 5.23. The summed E-state index contributed by atoms with van der Waals surface area (Å²) in [5, 5.41) is 11.8. The highest BCUT2D eigenvalue weighted by atomic mass is 16.4. The molecule has 1 atom stereocenters. The Balaban J connectivity index is 2.68. The number of carbonyl (C=O) groups is 2. The summed E-state index contributed by atoms with van der Waals surface area (Å²) >= 11 is 0. The van der Waals surface area contributed by atoms with Gasteiger partial charge in [0.1, 0.15) is 6.04 Å². The van der Waals surface area contributed by atoms with Gasteiger partial charge in [-0.05, 0) is 40.0 Å². The molecule has 0 aromatic heterocycles. The minimum Gasteiger partial charge on any atom is -0.465 e. The Bertz CT molecular complexity index is 283. The molecular weight excluding hydrogens is 208 g/mol. The van der Waals surface area contributed by atoms with E-state index in [2.05, 4.69) is 5.32 Å². The van der Waals surface area contributed by atoms with Crippen LogP contribution in [0.25, 0.3) is 0 Å². The molecule has 5 nitrogen and oxygen atoms in total. The fourth-order valence-electron chi connectivity index (χ4n) is 1.89. The Morgan fingerprint density at radius 3 is 2.44 bits per heavy atom. The number of hydrogen-bond donors (Lipinski definition) is 2. The van der Waals surface area contributed by atoms with Gasteiger partial charge in [0, 0.05) is 12.1 Å². The SMILES string of the molecule is CC(C)(C)NC(=O)[C@@H]1CCCCN1C(=O)O. The highest BCUT2D eigenvalue weighted by Crippen LogP contribution is 2.18. The maximum absolute atomic E-state index is 11.9. The van der Waals surface area contributed by atoms with Gasteiger partial charge in [0.15, 0.2) is 0 Å². The Morgan fingerprint density at radius 2 is 1.94 bits per heavy atom. The van der Waals surface area contributed by atoms with E-state index in [0.717, 1.165) is 12.8 Å². The van der Waals surface area contributed by atoms with Gasteiger partial charge in [0.05, 0.1) is 0 Å². The van der Waals surface area contributed by atoms with Crippen LogP contribution in [0.4, 0.5) is 4.79 Å². The van der Waals surface area contributed by atoms with Crippen molar-refractivity contribution in [3.05, 3.63) is 0 Å². The molecule has 1 rings (SSSR count). The molecule has 0 spiro atoms. The minimum atomic E-state index is -1.01. The van der Waals surface area contributed by atoms with Gasteiger partial charge in [-0.1, -0.05) is 0 Å². The summed E-state index contributed by atoms with van der Waals surface area (Å²) in [5.41, 5.74) is -0.321. The largest absolute Gasteiger partial charge is 0.465 e. The number of hydrogen-bond acceptors (Lipinski definition) is 2. The summed E-state index contributed by atoms with van der Waals surface area (Å²) in [6, 6.07) is -0.523. The average molecular weight is 228 g/mol.